The Hall–Kier alpha value is -1.35. The smallest absolute Gasteiger partial charge is 0.255 e. The van der Waals surface area contributed by atoms with Gasteiger partial charge in [0.25, 0.3) is 5.91 Å². The SMILES string of the molecule is CC(C)CC(C)(CN)NS(=O)(=O)c1cc(Cl)ccc1OCC(N)=O. The van der Waals surface area contributed by atoms with Gasteiger partial charge in [-0.25, -0.2) is 13.1 Å². The summed E-state index contributed by atoms with van der Waals surface area (Å²) in [7, 11) is -3.97. The standard InChI is InChI=1S/C15H24ClN3O4S/c1-10(2)7-15(3,9-17)19-24(21,22)13-6-11(16)4-5-12(13)23-8-14(18)20/h4-6,10,19H,7-9,17H2,1-3H3,(H2,18,20). The average Bonchev–Trinajstić information content (AvgIpc) is 2.44. The van der Waals surface area contributed by atoms with Crippen molar-refractivity contribution in [3.8, 4) is 5.75 Å². The van der Waals surface area contributed by atoms with Crippen LogP contribution in [0.2, 0.25) is 5.02 Å². The molecule has 1 aromatic rings. The van der Waals surface area contributed by atoms with E-state index in [4.69, 9.17) is 27.8 Å². The zero-order valence-electron chi connectivity index (χ0n) is 14.0. The molecule has 9 heteroatoms. The molecule has 24 heavy (non-hydrogen) atoms. The normalized spacial score (nSPS) is 14.4. The molecular formula is C15H24ClN3O4S. The molecule has 1 rings (SSSR count). The Morgan fingerprint density at radius 3 is 2.54 bits per heavy atom. The van der Waals surface area contributed by atoms with Crippen molar-refractivity contribution in [1.82, 2.24) is 4.72 Å². The molecule has 0 aliphatic rings. The van der Waals surface area contributed by atoms with Crippen LogP contribution in [0.25, 0.3) is 0 Å². The van der Waals surface area contributed by atoms with Gasteiger partial charge >= 0.3 is 0 Å². The van der Waals surface area contributed by atoms with Gasteiger partial charge in [0.15, 0.2) is 6.61 Å². The fraction of sp³-hybridized carbons (Fsp3) is 0.533. The predicted octanol–water partition coefficient (Wildman–Crippen LogP) is 1.25. The van der Waals surface area contributed by atoms with Gasteiger partial charge in [-0.3, -0.25) is 4.79 Å². The molecule has 1 amide bonds. The van der Waals surface area contributed by atoms with Gasteiger partial charge in [0.05, 0.1) is 0 Å². The molecule has 0 bridgehead atoms. The predicted molar refractivity (Wildman–Crippen MR) is 93.4 cm³/mol. The van der Waals surface area contributed by atoms with E-state index in [1.165, 1.54) is 18.2 Å². The van der Waals surface area contributed by atoms with Crippen molar-refractivity contribution < 1.29 is 17.9 Å². The Kier molecular flexibility index (Phi) is 7.03. The molecule has 0 aromatic heterocycles. The second-order valence-corrected chi connectivity index (χ2v) is 8.40. The lowest BCUT2D eigenvalue weighted by molar-refractivity contribution is -0.120. The minimum Gasteiger partial charge on any atom is -0.482 e. The fourth-order valence-corrected chi connectivity index (χ4v) is 4.24. The summed E-state index contributed by atoms with van der Waals surface area (Å²) in [5, 5.41) is 0.222. The molecule has 1 unspecified atom stereocenters. The number of halogens is 1. The lowest BCUT2D eigenvalue weighted by atomic mass is 9.92. The van der Waals surface area contributed by atoms with Crippen LogP contribution in [-0.2, 0) is 14.8 Å². The van der Waals surface area contributed by atoms with Gasteiger partial charge in [0.1, 0.15) is 10.6 Å². The van der Waals surface area contributed by atoms with E-state index >= 15 is 0 Å². The lowest BCUT2D eigenvalue weighted by Crippen LogP contribution is -2.52. The number of nitrogens with one attached hydrogen (secondary N) is 1. The van der Waals surface area contributed by atoms with Crippen molar-refractivity contribution in [1.29, 1.82) is 0 Å². The molecule has 0 spiro atoms. The van der Waals surface area contributed by atoms with E-state index < -0.39 is 28.1 Å². The Balaban J connectivity index is 3.21. The highest BCUT2D eigenvalue weighted by Crippen LogP contribution is 2.29. The molecule has 0 heterocycles. The van der Waals surface area contributed by atoms with Crippen LogP contribution in [0.4, 0.5) is 0 Å². The molecule has 0 aliphatic carbocycles. The summed E-state index contributed by atoms with van der Waals surface area (Å²) >= 11 is 5.91. The van der Waals surface area contributed by atoms with Crippen molar-refractivity contribution in [3.63, 3.8) is 0 Å². The zero-order chi connectivity index (χ0) is 18.5. The molecule has 0 radical (unpaired) electrons. The number of rotatable bonds is 9. The molecule has 5 N–H and O–H groups in total. The van der Waals surface area contributed by atoms with Crippen molar-refractivity contribution in [2.45, 2.75) is 37.6 Å². The van der Waals surface area contributed by atoms with Gasteiger partial charge in [-0.2, -0.15) is 0 Å². The van der Waals surface area contributed by atoms with Crippen LogP contribution in [0, 0.1) is 5.92 Å². The number of amides is 1. The average molecular weight is 378 g/mol. The maximum atomic E-state index is 12.8. The van der Waals surface area contributed by atoms with E-state index in [-0.39, 0.29) is 28.1 Å². The third kappa shape index (κ3) is 5.94. The molecular weight excluding hydrogens is 354 g/mol. The Morgan fingerprint density at radius 2 is 2.04 bits per heavy atom. The van der Waals surface area contributed by atoms with Crippen LogP contribution in [0.5, 0.6) is 5.75 Å². The minimum absolute atomic E-state index is 0.00498. The molecule has 0 saturated carbocycles. The molecule has 136 valence electrons. The summed E-state index contributed by atoms with van der Waals surface area (Å²) in [5.41, 5.74) is 9.97. The topological polar surface area (TPSA) is 125 Å². The van der Waals surface area contributed by atoms with Crippen LogP contribution in [-0.4, -0.2) is 33.0 Å². The number of benzene rings is 1. The molecule has 1 atom stereocenters. The monoisotopic (exact) mass is 377 g/mol. The van der Waals surface area contributed by atoms with Crippen molar-refractivity contribution >= 4 is 27.5 Å². The van der Waals surface area contributed by atoms with Gasteiger partial charge in [0.2, 0.25) is 10.0 Å². The van der Waals surface area contributed by atoms with Crippen LogP contribution in [0.15, 0.2) is 23.1 Å². The number of hydrogen-bond acceptors (Lipinski definition) is 5. The summed E-state index contributed by atoms with van der Waals surface area (Å²) in [4.78, 5) is 10.7. The largest absolute Gasteiger partial charge is 0.482 e. The van der Waals surface area contributed by atoms with E-state index in [2.05, 4.69) is 4.72 Å². The van der Waals surface area contributed by atoms with Crippen molar-refractivity contribution in [2.75, 3.05) is 13.2 Å². The molecule has 0 saturated heterocycles. The first-order chi connectivity index (χ1) is 11.0. The van der Waals surface area contributed by atoms with Gasteiger partial charge in [-0.15, -0.1) is 0 Å². The summed E-state index contributed by atoms with van der Waals surface area (Å²) < 4.78 is 33.4. The summed E-state index contributed by atoms with van der Waals surface area (Å²) in [5.74, 6) is -0.478. The number of carbonyl (C=O) groups is 1. The van der Waals surface area contributed by atoms with Gasteiger partial charge < -0.3 is 16.2 Å². The van der Waals surface area contributed by atoms with E-state index in [1.807, 2.05) is 13.8 Å². The summed E-state index contributed by atoms with van der Waals surface area (Å²) in [6.07, 6.45) is 0.556. The third-order valence-electron chi connectivity index (χ3n) is 3.26. The summed E-state index contributed by atoms with van der Waals surface area (Å²) in [6, 6.07) is 4.10. The highest BCUT2D eigenvalue weighted by molar-refractivity contribution is 7.89. The second kappa shape index (κ2) is 8.15. The molecule has 7 nitrogen and oxygen atoms in total. The van der Waals surface area contributed by atoms with Crippen molar-refractivity contribution in [2.24, 2.45) is 17.4 Å². The zero-order valence-corrected chi connectivity index (χ0v) is 15.6. The molecule has 0 fully saturated rings. The Labute approximate surface area is 147 Å². The van der Waals surface area contributed by atoms with E-state index in [0.717, 1.165) is 0 Å². The number of sulfonamides is 1. The highest BCUT2D eigenvalue weighted by atomic mass is 35.5. The highest BCUT2D eigenvalue weighted by Gasteiger charge is 2.32. The van der Waals surface area contributed by atoms with Crippen LogP contribution in [0.1, 0.15) is 27.2 Å². The maximum absolute atomic E-state index is 12.8. The van der Waals surface area contributed by atoms with Crippen LogP contribution < -0.4 is 20.9 Å². The van der Waals surface area contributed by atoms with Gasteiger partial charge in [-0.1, -0.05) is 25.4 Å². The van der Waals surface area contributed by atoms with Gasteiger partial charge in [-0.05, 0) is 37.5 Å². The number of carbonyl (C=O) groups excluding carboxylic acids is 1. The van der Waals surface area contributed by atoms with Crippen molar-refractivity contribution in [3.05, 3.63) is 23.2 Å². The Morgan fingerprint density at radius 1 is 1.42 bits per heavy atom. The van der Waals surface area contributed by atoms with E-state index in [0.29, 0.717) is 6.42 Å². The molecule has 1 aromatic carbocycles. The van der Waals surface area contributed by atoms with E-state index in [1.54, 1.807) is 6.92 Å². The quantitative estimate of drug-likeness (QED) is 0.597. The second-order valence-electron chi connectivity index (χ2n) is 6.31. The fourth-order valence-electron chi connectivity index (χ4n) is 2.41. The van der Waals surface area contributed by atoms with Crippen LogP contribution in [0.3, 0.4) is 0 Å². The lowest BCUT2D eigenvalue weighted by Gasteiger charge is -2.31. The molecule has 0 aliphatic heterocycles. The third-order valence-corrected chi connectivity index (χ3v) is 5.15. The first-order valence-corrected chi connectivity index (χ1v) is 9.30. The van der Waals surface area contributed by atoms with Gasteiger partial charge in [0, 0.05) is 17.1 Å². The number of primary amides is 1. The minimum atomic E-state index is -3.97. The Bertz CT molecular complexity index is 694. The number of nitrogens with two attached hydrogens (primary N) is 2. The van der Waals surface area contributed by atoms with E-state index in [9.17, 15) is 13.2 Å². The summed E-state index contributed by atoms with van der Waals surface area (Å²) in [6.45, 7) is 5.37. The number of hydrogen-bond donors (Lipinski definition) is 3. The first-order valence-electron chi connectivity index (χ1n) is 7.44. The first kappa shape index (κ1) is 20.7. The van der Waals surface area contributed by atoms with Crippen LogP contribution >= 0.6 is 11.6 Å². The number of ether oxygens (including phenoxy) is 1. The maximum Gasteiger partial charge on any atom is 0.255 e.